The maximum Gasteiger partial charge on any atom is 0.0958 e. The third kappa shape index (κ3) is 2.65. The van der Waals surface area contributed by atoms with E-state index in [0.29, 0.717) is 5.92 Å². The SMILES string of the molecule is CCC1CCCC(c2ncc(C(C)C)s2)C1. The molecule has 1 aliphatic rings. The quantitative estimate of drug-likeness (QED) is 0.725. The van der Waals surface area contributed by atoms with Crippen molar-refractivity contribution in [2.45, 2.75) is 64.7 Å². The normalized spacial score (nSPS) is 26.2. The van der Waals surface area contributed by atoms with Crippen LogP contribution < -0.4 is 0 Å². The van der Waals surface area contributed by atoms with Gasteiger partial charge in [-0.2, -0.15) is 0 Å². The van der Waals surface area contributed by atoms with Gasteiger partial charge < -0.3 is 0 Å². The highest BCUT2D eigenvalue weighted by molar-refractivity contribution is 7.11. The van der Waals surface area contributed by atoms with E-state index in [1.54, 1.807) is 0 Å². The highest BCUT2D eigenvalue weighted by atomic mass is 32.1. The lowest BCUT2D eigenvalue weighted by molar-refractivity contribution is 0.314. The van der Waals surface area contributed by atoms with Gasteiger partial charge in [0, 0.05) is 17.0 Å². The summed E-state index contributed by atoms with van der Waals surface area (Å²) < 4.78 is 0. The second kappa shape index (κ2) is 5.31. The molecule has 2 unspecified atom stereocenters. The Balaban J connectivity index is 2.05. The molecule has 0 amide bonds. The summed E-state index contributed by atoms with van der Waals surface area (Å²) in [5, 5.41) is 1.40. The maximum atomic E-state index is 4.65. The van der Waals surface area contributed by atoms with Crippen LogP contribution in [0.2, 0.25) is 0 Å². The van der Waals surface area contributed by atoms with Crippen molar-refractivity contribution in [3.05, 3.63) is 16.1 Å². The molecule has 1 fully saturated rings. The van der Waals surface area contributed by atoms with Gasteiger partial charge in [0.25, 0.3) is 0 Å². The molecule has 1 saturated carbocycles. The fourth-order valence-corrected chi connectivity index (χ4v) is 3.71. The average Bonchev–Trinajstić information content (AvgIpc) is 2.78. The van der Waals surface area contributed by atoms with Crippen molar-refractivity contribution in [2.75, 3.05) is 0 Å². The molecule has 0 saturated heterocycles. The van der Waals surface area contributed by atoms with Crippen LogP contribution in [0, 0.1) is 5.92 Å². The van der Waals surface area contributed by atoms with Crippen molar-refractivity contribution in [1.82, 2.24) is 4.98 Å². The molecular formula is C14H23NS. The third-order valence-corrected chi connectivity index (χ3v) is 5.28. The topological polar surface area (TPSA) is 12.9 Å². The van der Waals surface area contributed by atoms with Gasteiger partial charge in [-0.3, -0.25) is 0 Å². The Morgan fingerprint density at radius 1 is 1.44 bits per heavy atom. The monoisotopic (exact) mass is 237 g/mol. The van der Waals surface area contributed by atoms with Gasteiger partial charge >= 0.3 is 0 Å². The molecule has 90 valence electrons. The first-order chi connectivity index (χ1) is 7.70. The molecule has 0 aromatic carbocycles. The van der Waals surface area contributed by atoms with Crippen LogP contribution in [0.5, 0.6) is 0 Å². The zero-order chi connectivity index (χ0) is 11.5. The van der Waals surface area contributed by atoms with Gasteiger partial charge in [0.15, 0.2) is 0 Å². The summed E-state index contributed by atoms with van der Waals surface area (Å²) >= 11 is 1.95. The first-order valence-electron chi connectivity index (χ1n) is 6.66. The van der Waals surface area contributed by atoms with E-state index < -0.39 is 0 Å². The standard InChI is InChI=1S/C14H23NS/c1-4-11-6-5-7-12(8-11)14-15-9-13(16-14)10(2)3/h9-12H,4-8H2,1-3H3. The predicted molar refractivity (Wildman–Crippen MR) is 71.2 cm³/mol. The van der Waals surface area contributed by atoms with Gasteiger partial charge in [-0.1, -0.05) is 40.0 Å². The second-order valence-corrected chi connectivity index (χ2v) is 6.49. The van der Waals surface area contributed by atoms with E-state index in [4.69, 9.17) is 0 Å². The molecular weight excluding hydrogens is 214 g/mol. The minimum atomic E-state index is 0.636. The smallest absolute Gasteiger partial charge is 0.0958 e. The Hall–Kier alpha value is -0.370. The molecule has 1 aromatic heterocycles. The first-order valence-corrected chi connectivity index (χ1v) is 7.48. The van der Waals surface area contributed by atoms with E-state index in [0.717, 1.165) is 11.8 Å². The minimum Gasteiger partial charge on any atom is -0.249 e. The van der Waals surface area contributed by atoms with Gasteiger partial charge in [-0.15, -0.1) is 11.3 Å². The van der Waals surface area contributed by atoms with E-state index in [2.05, 4.69) is 32.0 Å². The number of aromatic nitrogens is 1. The van der Waals surface area contributed by atoms with E-state index in [1.807, 2.05) is 11.3 Å². The van der Waals surface area contributed by atoms with E-state index in [1.165, 1.54) is 42.0 Å². The van der Waals surface area contributed by atoms with Crippen LogP contribution in [0.4, 0.5) is 0 Å². The van der Waals surface area contributed by atoms with Gasteiger partial charge in [-0.05, 0) is 24.7 Å². The van der Waals surface area contributed by atoms with E-state index in [-0.39, 0.29) is 0 Å². The van der Waals surface area contributed by atoms with E-state index >= 15 is 0 Å². The summed E-state index contributed by atoms with van der Waals surface area (Å²) in [5.74, 6) is 2.35. The van der Waals surface area contributed by atoms with Crippen molar-refractivity contribution in [1.29, 1.82) is 0 Å². The molecule has 2 atom stereocenters. The summed E-state index contributed by atoms with van der Waals surface area (Å²) in [6.07, 6.45) is 9.03. The second-order valence-electron chi connectivity index (χ2n) is 5.39. The number of thiazole rings is 1. The largest absolute Gasteiger partial charge is 0.249 e. The van der Waals surface area contributed by atoms with Gasteiger partial charge in [0.2, 0.25) is 0 Å². The van der Waals surface area contributed by atoms with Crippen LogP contribution in [0.15, 0.2) is 6.20 Å². The van der Waals surface area contributed by atoms with Crippen LogP contribution in [-0.2, 0) is 0 Å². The van der Waals surface area contributed by atoms with Crippen LogP contribution in [0.1, 0.15) is 74.6 Å². The van der Waals surface area contributed by atoms with Crippen LogP contribution in [0.25, 0.3) is 0 Å². The lowest BCUT2D eigenvalue weighted by atomic mass is 9.80. The molecule has 0 N–H and O–H groups in total. The Labute approximate surface area is 103 Å². The molecule has 1 aromatic rings. The zero-order valence-electron chi connectivity index (χ0n) is 10.7. The minimum absolute atomic E-state index is 0.636. The number of hydrogen-bond donors (Lipinski definition) is 0. The summed E-state index contributed by atoms with van der Waals surface area (Å²) in [5.41, 5.74) is 0. The fraction of sp³-hybridized carbons (Fsp3) is 0.786. The molecule has 0 bridgehead atoms. The molecule has 0 radical (unpaired) electrons. The Morgan fingerprint density at radius 3 is 2.88 bits per heavy atom. The van der Waals surface area contributed by atoms with Crippen molar-refractivity contribution < 1.29 is 0 Å². The molecule has 16 heavy (non-hydrogen) atoms. The Bertz CT molecular complexity index is 329. The highest BCUT2D eigenvalue weighted by Gasteiger charge is 2.24. The summed E-state index contributed by atoms with van der Waals surface area (Å²) in [6, 6.07) is 0. The molecule has 0 spiro atoms. The number of rotatable bonds is 3. The summed E-state index contributed by atoms with van der Waals surface area (Å²) in [6.45, 7) is 6.84. The van der Waals surface area contributed by atoms with Crippen molar-refractivity contribution in [3.63, 3.8) is 0 Å². The first kappa shape index (κ1) is 12.1. The van der Waals surface area contributed by atoms with Gasteiger partial charge in [0.1, 0.15) is 0 Å². The lowest BCUT2D eigenvalue weighted by Crippen LogP contribution is -2.13. The van der Waals surface area contributed by atoms with E-state index in [9.17, 15) is 0 Å². The maximum absolute atomic E-state index is 4.65. The molecule has 1 aliphatic carbocycles. The highest BCUT2D eigenvalue weighted by Crippen LogP contribution is 2.39. The molecule has 2 heteroatoms. The molecule has 1 heterocycles. The zero-order valence-corrected chi connectivity index (χ0v) is 11.5. The third-order valence-electron chi connectivity index (χ3n) is 3.82. The Kier molecular flexibility index (Phi) is 4.01. The molecule has 2 rings (SSSR count). The summed E-state index contributed by atoms with van der Waals surface area (Å²) in [4.78, 5) is 6.10. The lowest BCUT2D eigenvalue weighted by Gasteiger charge is -2.26. The van der Waals surface area contributed by atoms with Crippen molar-refractivity contribution >= 4 is 11.3 Å². The molecule has 0 aliphatic heterocycles. The summed E-state index contributed by atoms with van der Waals surface area (Å²) in [7, 11) is 0. The van der Waals surface area contributed by atoms with Crippen LogP contribution >= 0.6 is 11.3 Å². The van der Waals surface area contributed by atoms with Crippen molar-refractivity contribution in [2.24, 2.45) is 5.92 Å². The number of hydrogen-bond acceptors (Lipinski definition) is 2. The molecule has 1 nitrogen and oxygen atoms in total. The van der Waals surface area contributed by atoms with Crippen LogP contribution in [0.3, 0.4) is 0 Å². The fourth-order valence-electron chi connectivity index (χ4n) is 2.64. The van der Waals surface area contributed by atoms with Crippen LogP contribution in [-0.4, -0.2) is 4.98 Å². The van der Waals surface area contributed by atoms with Gasteiger partial charge in [-0.25, -0.2) is 4.98 Å². The van der Waals surface area contributed by atoms with Gasteiger partial charge in [0.05, 0.1) is 5.01 Å². The van der Waals surface area contributed by atoms with Crippen molar-refractivity contribution in [3.8, 4) is 0 Å². The predicted octanol–water partition coefficient (Wildman–Crippen LogP) is 4.95. The number of nitrogens with zero attached hydrogens (tertiary/aromatic N) is 1. The average molecular weight is 237 g/mol. The Morgan fingerprint density at radius 2 is 2.25 bits per heavy atom.